The average molecular weight is 235 g/mol. The van der Waals surface area contributed by atoms with Crippen LogP contribution in [0.1, 0.15) is 12.8 Å². The quantitative estimate of drug-likeness (QED) is 0.808. The molecule has 0 aromatic carbocycles. The van der Waals surface area contributed by atoms with Crippen LogP contribution in [0.4, 0.5) is 5.82 Å². The minimum absolute atomic E-state index is 0.153. The van der Waals surface area contributed by atoms with E-state index in [2.05, 4.69) is 15.2 Å². The molecule has 7 heteroatoms. The lowest BCUT2D eigenvalue weighted by Gasteiger charge is -2.17. The normalized spacial score (nSPS) is 10.6. The largest absolute Gasteiger partial charge is 0.481 e. The molecule has 0 amide bonds. The van der Waals surface area contributed by atoms with Gasteiger partial charge in [0.25, 0.3) is 0 Å². The third kappa shape index (κ3) is 2.49. The maximum absolute atomic E-state index is 10.4. The highest BCUT2D eigenvalue weighted by molar-refractivity contribution is 5.67. The molecule has 0 unspecified atom stereocenters. The predicted octanol–water partition coefficient (Wildman–Crippen LogP) is 0.425. The van der Waals surface area contributed by atoms with E-state index in [1.165, 1.54) is 0 Å². The van der Waals surface area contributed by atoms with Gasteiger partial charge in [0.05, 0.1) is 0 Å². The summed E-state index contributed by atoms with van der Waals surface area (Å²) in [5.74, 6) is -0.0811. The van der Waals surface area contributed by atoms with Gasteiger partial charge in [-0.15, -0.1) is 10.2 Å². The first-order chi connectivity index (χ1) is 8.18. The molecule has 2 aromatic rings. The molecule has 0 aliphatic heterocycles. The van der Waals surface area contributed by atoms with Crippen LogP contribution in [-0.4, -0.2) is 44.3 Å². The Hall–Kier alpha value is -2.18. The summed E-state index contributed by atoms with van der Waals surface area (Å²) in [5, 5.41) is 16.4. The Bertz CT molecular complexity index is 524. The first kappa shape index (κ1) is 11.3. The number of aromatic nitrogens is 4. The lowest BCUT2D eigenvalue weighted by molar-refractivity contribution is -0.137. The molecule has 17 heavy (non-hydrogen) atoms. The summed E-state index contributed by atoms with van der Waals surface area (Å²) < 4.78 is 1.77. The number of carbonyl (C=O) groups is 1. The second-order valence-corrected chi connectivity index (χ2v) is 3.73. The molecule has 0 atom stereocenters. The molecule has 0 bridgehead atoms. The molecule has 0 spiro atoms. The van der Waals surface area contributed by atoms with E-state index >= 15 is 0 Å². The van der Waals surface area contributed by atoms with Gasteiger partial charge in [0.15, 0.2) is 5.82 Å². The van der Waals surface area contributed by atoms with Gasteiger partial charge in [0, 0.05) is 32.4 Å². The van der Waals surface area contributed by atoms with Gasteiger partial charge < -0.3 is 10.0 Å². The Morgan fingerprint density at radius 1 is 1.59 bits per heavy atom. The molecule has 90 valence electrons. The molecule has 0 radical (unpaired) electrons. The van der Waals surface area contributed by atoms with Crippen molar-refractivity contribution in [2.45, 2.75) is 12.8 Å². The Morgan fingerprint density at radius 3 is 3.18 bits per heavy atom. The van der Waals surface area contributed by atoms with Gasteiger partial charge in [-0.1, -0.05) is 0 Å². The Morgan fingerprint density at radius 2 is 2.41 bits per heavy atom. The number of anilines is 1. The number of carboxylic acid groups (broad SMARTS) is 1. The second-order valence-electron chi connectivity index (χ2n) is 3.73. The molecule has 2 heterocycles. The minimum Gasteiger partial charge on any atom is -0.481 e. The number of fused-ring (bicyclic) bond motifs is 1. The predicted molar refractivity (Wildman–Crippen MR) is 60.9 cm³/mol. The third-order valence-electron chi connectivity index (χ3n) is 2.44. The van der Waals surface area contributed by atoms with E-state index < -0.39 is 5.97 Å². The highest BCUT2D eigenvalue weighted by atomic mass is 16.4. The fourth-order valence-electron chi connectivity index (χ4n) is 1.59. The van der Waals surface area contributed by atoms with Gasteiger partial charge in [-0.05, 0) is 6.42 Å². The van der Waals surface area contributed by atoms with E-state index in [0.717, 1.165) is 0 Å². The molecule has 0 fully saturated rings. The van der Waals surface area contributed by atoms with Crippen molar-refractivity contribution in [2.24, 2.45) is 0 Å². The van der Waals surface area contributed by atoms with Crippen LogP contribution in [0.25, 0.3) is 5.65 Å². The van der Waals surface area contributed by atoms with E-state index in [1.54, 1.807) is 23.1 Å². The van der Waals surface area contributed by atoms with E-state index in [1.807, 2.05) is 11.9 Å². The fourth-order valence-corrected chi connectivity index (χ4v) is 1.59. The van der Waals surface area contributed by atoms with Crippen LogP contribution in [0.5, 0.6) is 0 Å². The SMILES string of the molecule is CN(CCCC(=O)O)c1nccn2cnnc12. The zero-order valence-corrected chi connectivity index (χ0v) is 9.44. The summed E-state index contributed by atoms with van der Waals surface area (Å²) in [6, 6.07) is 0. The van der Waals surface area contributed by atoms with Gasteiger partial charge in [0.1, 0.15) is 6.33 Å². The van der Waals surface area contributed by atoms with Crippen LogP contribution < -0.4 is 4.90 Å². The molecule has 0 saturated heterocycles. The van der Waals surface area contributed by atoms with Gasteiger partial charge in [0.2, 0.25) is 5.65 Å². The third-order valence-corrected chi connectivity index (χ3v) is 2.44. The first-order valence-electron chi connectivity index (χ1n) is 5.26. The zero-order chi connectivity index (χ0) is 12.3. The topological polar surface area (TPSA) is 83.6 Å². The highest BCUT2D eigenvalue weighted by Crippen LogP contribution is 2.14. The number of nitrogens with zero attached hydrogens (tertiary/aromatic N) is 5. The first-order valence-corrected chi connectivity index (χ1v) is 5.26. The maximum Gasteiger partial charge on any atom is 0.303 e. The van der Waals surface area contributed by atoms with Crippen molar-refractivity contribution in [1.82, 2.24) is 19.6 Å². The van der Waals surface area contributed by atoms with E-state index in [-0.39, 0.29) is 6.42 Å². The Balaban J connectivity index is 2.10. The van der Waals surface area contributed by atoms with Crippen molar-refractivity contribution < 1.29 is 9.90 Å². The summed E-state index contributed by atoms with van der Waals surface area (Å²) in [4.78, 5) is 16.5. The zero-order valence-electron chi connectivity index (χ0n) is 9.44. The molecular formula is C10H13N5O2. The van der Waals surface area contributed by atoms with Crippen LogP contribution >= 0.6 is 0 Å². The average Bonchev–Trinajstić information content (AvgIpc) is 2.75. The van der Waals surface area contributed by atoms with Gasteiger partial charge in [-0.2, -0.15) is 0 Å². The minimum atomic E-state index is -0.785. The van der Waals surface area contributed by atoms with Crippen LogP contribution in [0.15, 0.2) is 18.7 Å². The molecule has 0 aliphatic rings. The molecule has 2 rings (SSSR count). The van der Waals surface area contributed by atoms with Crippen molar-refractivity contribution in [3.05, 3.63) is 18.7 Å². The molecular weight excluding hydrogens is 222 g/mol. The van der Waals surface area contributed by atoms with Crippen molar-refractivity contribution in [2.75, 3.05) is 18.5 Å². The van der Waals surface area contributed by atoms with Crippen molar-refractivity contribution in [1.29, 1.82) is 0 Å². The number of rotatable bonds is 5. The Labute approximate surface area is 97.7 Å². The monoisotopic (exact) mass is 235 g/mol. The summed E-state index contributed by atoms with van der Waals surface area (Å²) in [6.45, 7) is 0.617. The van der Waals surface area contributed by atoms with Crippen molar-refractivity contribution >= 4 is 17.4 Å². The summed E-state index contributed by atoms with van der Waals surface area (Å²) in [5.41, 5.74) is 0.672. The van der Waals surface area contributed by atoms with Crippen LogP contribution in [0.2, 0.25) is 0 Å². The summed E-state index contributed by atoms with van der Waals surface area (Å²) in [6.07, 6.45) is 5.76. The van der Waals surface area contributed by atoms with Crippen molar-refractivity contribution in [3.8, 4) is 0 Å². The maximum atomic E-state index is 10.4. The summed E-state index contributed by atoms with van der Waals surface area (Å²) in [7, 11) is 1.86. The lowest BCUT2D eigenvalue weighted by atomic mass is 10.3. The number of aliphatic carboxylic acids is 1. The lowest BCUT2D eigenvalue weighted by Crippen LogP contribution is -2.21. The van der Waals surface area contributed by atoms with Gasteiger partial charge in [-0.25, -0.2) is 4.98 Å². The van der Waals surface area contributed by atoms with E-state index in [0.29, 0.717) is 24.4 Å². The molecule has 1 N–H and O–H groups in total. The van der Waals surface area contributed by atoms with E-state index in [9.17, 15) is 4.79 Å². The molecule has 7 nitrogen and oxygen atoms in total. The van der Waals surface area contributed by atoms with Gasteiger partial charge in [-0.3, -0.25) is 9.20 Å². The van der Waals surface area contributed by atoms with Crippen molar-refractivity contribution in [3.63, 3.8) is 0 Å². The van der Waals surface area contributed by atoms with Crippen LogP contribution in [-0.2, 0) is 4.79 Å². The van der Waals surface area contributed by atoms with Crippen LogP contribution in [0, 0.1) is 0 Å². The Kier molecular flexibility index (Phi) is 3.17. The number of hydrogen-bond acceptors (Lipinski definition) is 5. The number of hydrogen-bond donors (Lipinski definition) is 1. The second kappa shape index (κ2) is 4.77. The molecule has 0 saturated carbocycles. The highest BCUT2D eigenvalue weighted by Gasteiger charge is 2.09. The van der Waals surface area contributed by atoms with Crippen LogP contribution in [0.3, 0.4) is 0 Å². The smallest absolute Gasteiger partial charge is 0.303 e. The number of carboxylic acids is 1. The summed E-state index contributed by atoms with van der Waals surface area (Å²) >= 11 is 0. The van der Waals surface area contributed by atoms with Gasteiger partial charge >= 0.3 is 5.97 Å². The van der Waals surface area contributed by atoms with E-state index in [4.69, 9.17) is 5.11 Å². The molecule has 2 aromatic heterocycles. The molecule has 0 aliphatic carbocycles. The standard InChI is InChI=1S/C10H13N5O2/c1-14(5-2-3-8(16)17)9-10-13-12-7-15(10)6-4-11-9/h4,6-7H,2-3,5H2,1H3,(H,16,17). The fraction of sp³-hybridized carbons (Fsp3) is 0.400.